The number of methoxy groups -OCH3 is 1. The third kappa shape index (κ3) is 4.21. The van der Waals surface area contributed by atoms with E-state index in [0.717, 1.165) is 58.3 Å². The number of fused-ring (bicyclic) bond motifs is 2. The van der Waals surface area contributed by atoms with Gasteiger partial charge in [0.2, 0.25) is 5.91 Å². The normalized spacial score (nSPS) is 14.2. The van der Waals surface area contributed by atoms with Crippen LogP contribution in [0.2, 0.25) is 0 Å². The van der Waals surface area contributed by atoms with Crippen LogP contribution in [0.3, 0.4) is 0 Å². The standard InChI is InChI=1S/C26H27N3O3/c1-27-23(30)16-29(2)26(31)24-20-8-4-5-10-22(20)28-25-18(7-6-9-21(24)25)15-17-11-13-19(32-3)14-12-17/h4-5,8,10-15H,6-7,9,16H2,1-3H3,(H,27,30)/b18-15+. The highest BCUT2D eigenvalue weighted by Gasteiger charge is 2.27. The van der Waals surface area contributed by atoms with E-state index in [1.54, 1.807) is 21.2 Å². The van der Waals surface area contributed by atoms with Crippen molar-refractivity contribution in [1.29, 1.82) is 0 Å². The fraction of sp³-hybridized carbons (Fsp3) is 0.269. The molecule has 0 saturated carbocycles. The van der Waals surface area contributed by atoms with E-state index in [-0.39, 0.29) is 18.4 Å². The number of hydrogen-bond donors (Lipinski definition) is 1. The van der Waals surface area contributed by atoms with Crippen LogP contribution in [0.15, 0.2) is 48.5 Å². The molecular formula is C26H27N3O3. The first-order valence-electron chi connectivity index (χ1n) is 10.7. The summed E-state index contributed by atoms with van der Waals surface area (Å²) >= 11 is 0. The lowest BCUT2D eigenvalue weighted by molar-refractivity contribution is -0.121. The van der Waals surface area contributed by atoms with Crippen molar-refractivity contribution < 1.29 is 14.3 Å². The van der Waals surface area contributed by atoms with Gasteiger partial charge in [0.25, 0.3) is 5.91 Å². The molecule has 0 aliphatic heterocycles. The monoisotopic (exact) mass is 429 g/mol. The molecule has 0 fully saturated rings. The van der Waals surface area contributed by atoms with Crippen molar-refractivity contribution in [1.82, 2.24) is 15.2 Å². The molecule has 0 spiro atoms. The number of hydrogen-bond acceptors (Lipinski definition) is 4. The number of benzene rings is 2. The van der Waals surface area contributed by atoms with E-state index in [4.69, 9.17) is 9.72 Å². The molecule has 1 heterocycles. The maximum Gasteiger partial charge on any atom is 0.255 e. The number of nitrogens with one attached hydrogen (secondary N) is 1. The molecule has 6 heteroatoms. The molecule has 6 nitrogen and oxygen atoms in total. The van der Waals surface area contributed by atoms with Gasteiger partial charge in [-0.25, -0.2) is 4.98 Å². The van der Waals surface area contributed by atoms with Crippen LogP contribution in [0.1, 0.15) is 40.0 Å². The van der Waals surface area contributed by atoms with Gasteiger partial charge in [-0.3, -0.25) is 9.59 Å². The number of amides is 2. The van der Waals surface area contributed by atoms with Crippen LogP contribution in [0, 0.1) is 0 Å². The van der Waals surface area contributed by atoms with Gasteiger partial charge in [-0.1, -0.05) is 30.3 Å². The Labute approximate surface area is 187 Å². The zero-order chi connectivity index (χ0) is 22.7. The molecule has 164 valence electrons. The topological polar surface area (TPSA) is 71.5 Å². The minimum absolute atomic E-state index is 0.00923. The second-order valence-corrected chi connectivity index (χ2v) is 7.96. The Morgan fingerprint density at radius 2 is 1.88 bits per heavy atom. The highest BCUT2D eigenvalue weighted by molar-refractivity contribution is 6.09. The van der Waals surface area contributed by atoms with Crippen LogP contribution in [0.4, 0.5) is 0 Å². The Balaban J connectivity index is 1.84. The van der Waals surface area contributed by atoms with Gasteiger partial charge in [-0.2, -0.15) is 0 Å². The predicted octanol–water partition coefficient (Wildman–Crippen LogP) is 3.94. The van der Waals surface area contributed by atoms with Gasteiger partial charge in [-0.15, -0.1) is 0 Å². The average molecular weight is 430 g/mol. The Bertz CT molecular complexity index is 1200. The highest BCUT2D eigenvalue weighted by atomic mass is 16.5. The number of ether oxygens (including phenoxy) is 1. The van der Waals surface area contributed by atoms with Crippen molar-refractivity contribution in [3.05, 3.63) is 70.9 Å². The molecular weight excluding hydrogens is 402 g/mol. The van der Waals surface area contributed by atoms with Gasteiger partial charge in [0.15, 0.2) is 0 Å². The van der Waals surface area contributed by atoms with Crippen LogP contribution < -0.4 is 10.1 Å². The Hall–Kier alpha value is -3.67. The van der Waals surface area contributed by atoms with Crippen molar-refractivity contribution in [3.8, 4) is 5.75 Å². The number of rotatable bonds is 5. The summed E-state index contributed by atoms with van der Waals surface area (Å²) < 4.78 is 5.26. The largest absolute Gasteiger partial charge is 0.497 e. The predicted molar refractivity (Wildman–Crippen MR) is 127 cm³/mol. The molecule has 4 rings (SSSR count). The van der Waals surface area contributed by atoms with E-state index < -0.39 is 0 Å². The SMILES string of the molecule is CNC(=O)CN(C)C(=O)c1c2c(nc3ccccc13)/C(=C/c1ccc(OC)cc1)CCC2. The molecule has 2 amide bonds. The highest BCUT2D eigenvalue weighted by Crippen LogP contribution is 2.36. The molecule has 32 heavy (non-hydrogen) atoms. The Morgan fingerprint density at radius 3 is 2.59 bits per heavy atom. The van der Waals surface area contributed by atoms with Crippen LogP contribution in [-0.4, -0.2) is 49.4 Å². The molecule has 1 aliphatic carbocycles. The molecule has 3 aromatic rings. The summed E-state index contributed by atoms with van der Waals surface area (Å²) in [5.41, 5.74) is 5.45. The van der Waals surface area contributed by atoms with Crippen LogP contribution >= 0.6 is 0 Å². The van der Waals surface area contributed by atoms with Crippen LogP contribution in [0.5, 0.6) is 5.75 Å². The molecule has 0 saturated heterocycles. The average Bonchev–Trinajstić information content (AvgIpc) is 2.82. The summed E-state index contributed by atoms with van der Waals surface area (Å²) in [6.45, 7) is 0.00923. The first-order chi connectivity index (χ1) is 15.5. The summed E-state index contributed by atoms with van der Waals surface area (Å²) in [5, 5.41) is 3.41. The number of carbonyl (C=O) groups excluding carboxylic acids is 2. The second-order valence-electron chi connectivity index (χ2n) is 7.96. The van der Waals surface area contributed by atoms with Crippen molar-refractivity contribution in [2.24, 2.45) is 0 Å². The second kappa shape index (κ2) is 9.22. The number of nitrogens with zero attached hydrogens (tertiary/aromatic N) is 2. The fourth-order valence-electron chi connectivity index (χ4n) is 4.18. The minimum atomic E-state index is -0.201. The van der Waals surface area contributed by atoms with E-state index in [0.29, 0.717) is 5.56 Å². The summed E-state index contributed by atoms with van der Waals surface area (Å²) in [5.74, 6) is 0.453. The molecule has 0 unspecified atom stereocenters. The lowest BCUT2D eigenvalue weighted by atomic mass is 9.85. The van der Waals surface area contributed by atoms with E-state index in [9.17, 15) is 9.59 Å². The van der Waals surface area contributed by atoms with Crippen molar-refractivity contribution in [2.75, 3.05) is 27.7 Å². The quantitative estimate of drug-likeness (QED) is 0.667. The maximum absolute atomic E-state index is 13.5. The molecule has 1 aliphatic rings. The van der Waals surface area contributed by atoms with E-state index in [1.807, 2.05) is 48.5 Å². The van der Waals surface area contributed by atoms with Gasteiger partial charge in [0.05, 0.1) is 30.4 Å². The molecule has 0 bridgehead atoms. The van der Waals surface area contributed by atoms with E-state index >= 15 is 0 Å². The van der Waals surface area contributed by atoms with Crippen LogP contribution in [0.25, 0.3) is 22.6 Å². The molecule has 1 N–H and O–H groups in total. The third-order valence-electron chi connectivity index (χ3n) is 5.85. The first-order valence-corrected chi connectivity index (χ1v) is 10.7. The number of pyridine rings is 1. The summed E-state index contributed by atoms with van der Waals surface area (Å²) in [4.78, 5) is 31.8. The van der Waals surface area contributed by atoms with Crippen molar-refractivity contribution in [2.45, 2.75) is 19.3 Å². The number of aromatic nitrogens is 1. The van der Waals surface area contributed by atoms with Gasteiger partial charge in [0, 0.05) is 19.5 Å². The lowest BCUT2D eigenvalue weighted by Crippen LogP contribution is -2.37. The van der Waals surface area contributed by atoms with Crippen molar-refractivity contribution in [3.63, 3.8) is 0 Å². The summed E-state index contributed by atoms with van der Waals surface area (Å²) in [7, 11) is 4.89. The fourth-order valence-corrected chi connectivity index (χ4v) is 4.18. The molecule has 0 radical (unpaired) electrons. The Morgan fingerprint density at radius 1 is 1.12 bits per heavy atom. The summed E-state index contributed by atoms with van der Waals surface area (Å²) in [6, 6.07) is 15.6. The van der Waals surface area contributed by atoms with Crippen LogP contribution in [-0.2, 0) is 11.2 Å². The van der Waals surface area contributed by atoms with Gasteiger partial charge < -0.3 is 15.0 Å². The zero-order valence-electron chi connectivity index (χ0n) is 18.6. The van der Waals surface area contributed by atoms with Crippen molar-refractivity contribution >= 4 is 34.4 Å². The smallest absolute Gasteiger partial charge is 0.255 e. The molecule has 2 aromatic carbocycles. The zero-order valence-corrected chi connectivity index (χ0v) is 18.6. The van der Waals surface area contributed by atoms with Gasteiger partial charge in [-0.05, 0) is 60.2 Å². The number of para-hydroxylation sites is 1. The molecule has 0 atom stereocenters. The third-order valence-corrected chi connectivity index (χ3v) is 5.85. The Kier molecular flexibility index (Phi) is 6.21. The number of allylic oxidation sites excluding steroid dienone is 1. The number of carbonyl (C=O) groups is 2. The van der Waals surface area contributed by atoms with E-state index in [2.05, 4.69) is 11.4 Å². The summed E-state index contributed by atoms with van der Waals surface area (Å²) in [6.07, 6.45) is 4.75. The molecule has 1 aromatic heterocycles. The number of likely N-dealkylation sites (N-methyl/N-ethyl adjacent to an activating group) is 2. The van der Waals surface area contributed by atoms with Gasteiger partial charge >= 0.3 is 0 Å². The van der Waals surface area contributed by atoms with E-state index in [1.165, 1.54) is 4.90 Å². The first kappa shape index (κ1) is 21.6. The van der Waals surface area contributed by atoms with Gasteiger partial charge in [0.1, 0.15) is 5.75 Å². The lowest BCUT2D eigenvalue weighted by Gasteiger charge is -2.25. The minimum Gasteiger partial charge on any atom is -0.497 e. The maximum atomic E-state index is 13.5.